The standard InChI is InChI=1S/C14H11N3O3/c18-14(19)11-8-15-12-4-2-1-3-10(12)13(11)16-7-9-5-6-20-17-9/h1-6,8H,7H2,(H,15,16)(H,18,19). The maximum atomic E-state index is 11.3. The fourth-order valence-corrected chi connectivity index (χ4v) is 2.00. The highest BCUT2D eigenvalue weighted by Gasteiger charge is 2.14. The summed E-state index contributed by atoms with van der Waals surface area (Å²) < 4.78 is 4.75. The first kappa shape index (κ1) is 12.2. The third kappa shape index (κ3) is 2.18. The Balaban J connectivity index is 2.05. The quantitative estimate of drug-likeness (QED) is 0.756. The molecule has 0 bridgehead atoms. The number of carbonyl (C=O) groups is 1. The van der Waals surface area contributed by atoms with Gasteiger partial charge in [0, 0.05) is 17.6 Å². The van der Waals surface area contributed by atoms with Crippen LogP contribution in [-0.2, 0) is 6.54 Å². The lowest BCUT2D eigenvalue weighted by atomic mass is 10.1. The van der Waals surface area contributed by atoms with E-state index in [1.54, 1.807) is 6.07 Å². The van der Waals surface area contributed by atoms with Crippen LogP contribution in [0.4, 0.5) is 5.69 Å². The number of para-hydroxylation sites is 1. The number of pyridine rings is 1. The predicted molar refractivity (Wildman–Crippen MR) is 72.5 cm³/mol. The zero-order valence-electron chi connectivity index (χ0n) is 10.4. The largest absolute Gasteiger partial charge is 0.478 e. The molecule has 0 aliphatic heterocycles. The Morgan fingerprint density at radius 3 is 2.90 bits per heavy atom. The van der Waals surface area contributed by atoms with Gasteiger partial charge >= 0.3 is 5.97 Å². The van der Waals surface area contributed by atoms with Gasteiger partial charge in [-0.3, -0.25) is 4.98 Å². The molecule has 2 aromatic heterocycles. The van der Waals surface area contributed by atoms with Crippen LogP contribution in [0.25, 0.3) is 10.9 Å². The van der Waals surface area contributed by atoms with Crippen molar-refractivity contribution in [2.45, 2.75) is 6.54 Å². The predicted octanol–water partition coefficient (Wildman–Crippen LogP) is 2.53. The van der Waals surface area contributed by atoms with Crippen molar-refractivity contribution in [3.63, 3.8) is 0 Å². The Morgan fingerprint density at radius 1 is 1.30 bits per heavy atom. The van der Waals surface area contributed by atoms with Crippen molar-refractivity contribution in [1.82, 2.24) is 10.1 Å². The zero-order valence-corrected chi connectivity index (χ0v) is 10.4. The van der Waals surface area contributed by atoms with Crippen LogP contribution in [0.2, 0.25) is 0 Å². The maximum absolute atomic E-state index is 11.3. The molecule has 0 atom stereocenters. The summed E-state index contributed by atoms with van der Waals surface area (Å²) in [6, 6.07) is 9.09. The maximum Gasteiger partial charge on any atom is 0.339 e. The van der Waals surface area contributed by atoms with Crippen molar-refractivity contribution in [1.29, 1.82) is 0 Å². The number of aromatic carboxylic acids is 1. The molecule has 0 saturated heterocycles. The van der Waals surface area contributed by atoms with Crippen molar-refractivity contribution in [3.8, 4) is 0 Å². The number of hydrogen-bond acceptors (Lipinski definition) is 5. The Kier molecular flexibility index (Phi) is 3.04. The number of aromatic nitrogens is 2. The smallest absolute Gasteiger partial charge is 0.339 e. The highest BCUT2D eigenvalue weighted by molar-refractivity contribution is 6.04. The number of carboxylic acid groups (broad SMARTS) is 1. The van der Waals surface area contributed by atoms with Crippen molar-refractivity contribution in [3.05, 3.63) is 54.0 Å². The summed E-state index contributed by atoms with van der Waals surface area (Å²) in [5, 5.41) is 16.9. The van der Waals surface area contributed by atoms with E-state index < -0.39 is 5.97 Å². The van der Waals surface area contributed by atoms with E-state index in [-0.39, 0.29) is 5.56 Å². The van der Waals surface area contributed by atoms with Crippen LogP contribution in [0, 0.1) is 0 Å². The lowest BCUT2D eigenvalue weighted by Crippen LogP contribution is -2.08. The summed E-state index contributed by atoms with van der Waals surface area (Å²) in [5.74, 6) is -1.02. The summed E-state index contributed by atoms with van der Waals surface area (Å²) in [4.78, 5) is 15.5. The number of nitrogens with one attached hydrogen (secondary N) is 1. The molecule has 0 amide bonds. The Morgan fingerprint density at radius 2 is 2.15 bits per heavy atom. The SMILES string of the molecule is O=C(O)c1cnc2ccccc2c1NCc1ccon1. The summed E-state index contributed by atoms with van der Waals surface area (Å²) in [6.07, 6.45) is 2.83. The highest BCUT2D eigenvalue weighted by atomic mass is 16.5. The first-order valence-electron chi connectivity index (χ1n) is 6.00. The third-order valence-corrected chi connectivity index (χ3v) is 2.94. The normalized spacial score (nSPS) is 10.6. The van der Waals surface area contributed by atoms with Gasteiger partial charge in [0.25, 0.3) is 0 Å². The fraction of sp³-hybridized carbons (Fsp3) is 0.0714. The lowest BCUT2D eigenvalue weighted by molar-refractivity contribution is 0.0697. The Bertz CT molecular complexity index is 753. The molecule has 0 aliphatic rings. The van der Waals surface area contributed by atoms with Crippen molar-refractivity contribution < 1.29 is 14.4 Å². The number of fused-ring (bicyclic) bond motifs is 1. The average molecular weight is 269 g/mol. The molecular weight excluding hydrogens is 258 g/mol. The van der Waals surface area contributed by atoms with Gasteiger partial charge in [0.1, 0.15) is 17.5 Å². The molecule has 0 aliphatic carbocycles. The number of benzene rings is 1. The average Bonchev–Trinajstić information content (AvgIpc) is 2.97. The molecule has 3 rings (SSSR count). The molecular formula is C14H11N3O3. The summed E-state index contributed by atoms with van der Waals surface area (Å²) >= 11 is 0. The van der Waals surface area contributed by atoms with E-state index in [0.29, 0.717) is 17.9 Å². The molecule has 6 nitrogen and oxygen atoms in total. The van der Waals surface area contributed by atoms with Crippen LogP contribution in [0.3, 0.4) is 0 Å². The van der Waals surface area contributed by atoms with Gasteiger partial charge in [0.15, 0.2) is 0 Å². The van der Waals surface area contributed by atoms with E-state index >= 15 is 0 Å². The molecule has 6 heteroatoms. The second kappa shape index (κ2) is 5.00. The minimum absolute atomic E-state index is 0.132. The first-order chi connectivity index (χ1) is 9.75. The number of rotatable bonds is 4. The number of nitrogens with zero attached hydrogens (tertiary/aromatic N) is 2. The fourth-order valence-electron chi connectivity index (χ4n) is 2.00. The zero-order chi connectivity index (χ0) is 13.9. The van der Waals surface area contributed by atoms with E-state index in [1.165, 1.54) is 12.5 Å². The molecule has 3 aromatic rings. The van der Waals surface area contributed by atoms with Gasteiger partial charge in [-0.05, 0) is 6.07 Å². The van der Waals surface area contributed by atoms with Gasteiger partial charge in [-0.1, -0.05) is 23.4 Å². The summed E-state index contributed by atoms with van der Waals surface area (Å²) in [7, 11) is 0. The van der Waals surface area contributed by atoms with Crippen LogP contribution in [0.5, 0.6) is 0 Å². The molecule has 0 unspecified atom stereocenters. The van der Waals surface area contributed by atoms with E-state index in [4.69, 9.17) is 4.52 Å². The molecule has 0 spiro atoms. The monoisotopic (exact) mass is 269 g/mol. The van der Waals surface area contributed by atoms with Crippen LogP contribution in [0.15, 0.2) is 47.3 Å². The van der Waals surface area contributed by atoms with Gasteiger partial charge < -0.3 is 14.9 Å². The molecule has 20 heavy (non-hydrogen) atoms. The van der Waals surface area contributed by atoms with E-state index in [0.717, 1.165) is 10.9 Å². The molecule has 1 aromatic carbocycles. The number of carboxylic acids is 1. The lowest BCUT2D eigenvalue weighted by Gasteiger charge is -2.11. The topological polar surface area (TPSA) is 88.2 Å². The minimum atomic E-state index is -1.02. The minimum Gasteiger partial charge on any atom is -0.478 e. The molecule has 2 N–H and O–H groups in total. The Hall–Kier alpha value is -2.89. The summed E-state index contributed by atoms with van der Waals surface area (Å²) in [6.45, 7) is 0.380. The van der Waals surface area contributed by atoms with Gasteiger partial charge in [0.05, 0.1) is 17.7 Å². The van der Waals surface area contributed by atoms with E-state index in [1.807, 2.05) is 24.3 Å². The second-order valence-electron chi connectivity index (χ2n) is 4.21. The van der Waals surface area contributed by atoms with Crippen LogP contribution in [0.1, 0.15) is 16.1 Å². The van der Waals surface area contributed by atoms with Crippen LogP contribution in [-0.4, -0.2) is 21.2 Å². The second-order valence-corrected chi connectivity index (χ2v) is 4.21. The summed E-state index contributed by atoms with van der Waals surface area (Å²) in [5.41, 5.74) is 2.10. The Labute approximate surface area is 114 Å². The molecule has 0 radical (unpaired) electrons. The first-order valence-corrected chi connectivity index (χ1v) is 6.00. The van der Waals surface area contributed by atoms with Gasteiger partial charge in [-0.25, -0.2) is 4.79 Å². The number of anilines is 1. The van der Waals surface area contributed by atoms with Gasteiger partial charge in [-0.15, -0.1) is 0 Å². The van der Waals surface area contributed by atoms with Gasteiger partial charge in [0.2, 0.25) is 0 Å². The van der Waals surface area contributed by atoms with Gasteiger partial charge in [-0.2, -0.15) is 0 Å². The highest BCUT2D eigenvalue weighted by Crippen LogP contribution is 2.26. The van der Waals surface area contributed by atoms with Crippen molar-refractivity contribution in [2.75, 3.05) is 5.32 Å². The molecule has 100 valence electrons. The number of hydrogen-bond donors (Lipinski definition) is 2. The molecule has 0 saturated carbocycles. The van der Waals surface area contributed by atoms with Crippen LogP contribution < -0.4 is 5.32 Å². The van der Waals surface area contributed by atoms with Crippen molar-refractivity contribution >= 4 is 22.6 Å². The van der Waals surface area contributed by atoms with Crippen molar-refractivity contribution in [2.24, 2.45) is 0 Å². The third-order valence-electron chi connectivity index (χ3n) is 2.94. The van der Waals surface area contributed by atoms with E-state index in [9.17, 15) is 9.90 Å². The molecule has 2 heterocycles. The van der Waals surface area contributed by atoms with Crippen LogP contribution >= 0.6 is 0 Å². The molecule has 0 fully saturated rings. The van der Waals surface area contributed by atoms with E-state index in [2.05, 4.69) is 15.5 Å².